The van der Waals surface area contributed by atoms with Crippen molar-refractivity contribution in [1.29, 1.82) is 0 Å². The predicted molar refractivity (Wildman–Crippen MR) is 25.0 cm³/mol. The lowest BCUT2D eigenvalue weighted by Gasteiger charge is -1.84. The van der Waals surface area contributed by atoms with E-state index in [4.69, 9.17) is 9.46 Å². The molecule has 0 saturated carbocycles. The first-order chi connectivity index (χ1) is 3.06. The summed E-state index contributed by atoms with van der Waals surface area (Å²) in [5.41, 5.74) is 0. The molecule has 0 bridgehead atoms. The van der Waals surface area contributed by atoms with Crippen molar-refractivity contribution in [3.8, 4) is 0 Å². The average Bonchev–Trinajstić information content (AvgIpc) is 1.30. The molecule has 0 fully saturated rings. The summed E-state index contributed by atoms with van der Waals surface area (Å²) in [5, 5.41) is 1.63. The number of hydrogen-bond acceptors (Lipinski definition) is 5. The molecule has 42 valence electrons. The molecule has 0 heterocycles. The molecule has 0 aliphatic rings. The zero-order chi connectivity index (χ0) is 5.91. The van der Waals surface area contributed by atoms with Crippen molar-refractivity contribution in [1.82, 2.24) is 0 Å². The van der Waals surface area contributed by atoms with E-state index in [-0.39, 0.29) is 0 Å². The minimum Gasteiger partial charge on any atom is -0.275 e. The Morgan fingerprint density at radius 1 is 1.86 bits per heavy atom. The van der Waals surface area contributed by atoms with Crippen LogP contribution >= 0.6 is 0 Å². The second-order valence-corrected chi connectivity index (χ2v) is 2.85. The summed E-state index contributed by atoms with van der Waals surface area (Å²) in [7, 11) is -3.82. The molecule has 0 aromatic heterocycles. The molecule has 0 aliphatic carbocycles. The van der Waals surface area contributed by atoms with Crippen molar-refractivity contribution < 1.29 is 13.0 Å². The molecule has 1 unspecified atom stereocenters. The first kappa shape index (κ1) is 6.73. The minimum atomic E-state index is -3.82. The summed E-state index contributed by atoms with van der Waals surface area (Å²) < 4.78 is 20.7. The smallest absolute Gasteiger partial charge is 0.275 e. The molecule has 0 saturated heterocycles. The summed E-state index contributed by atoms with van der Waals surface area (Å²) in [6, 6.07) is 0. The Hall–Kier alpha value is -0.270. The molecule has 1 N–H and O–H groups in total. The molecule has 7 heavy (non-hydrogen) atoms. The second kappa shape index (κ2) is 2.15. The van der Waals surface area contributed by atoms with E-state index in [0.717, 1.165) is 0 Å². The van der Waals surface area contributed by atoms with Gasteiger partial charge in [0.2, 0.25) is 0 Å². The predicted octanol–water partition coefficient (Wildman–Crippen LogP) is -0.181. The Morgan fingerprint density at radius 3 is 2.29 bits per heavy atom. The van der Waals surface area contributed by atoms with Crippen molar-refractivity contribution in [2.75, 3.05) is 0 Å². The molecule has 0 amide bonds. The fraction of sp³-hybridized carbons (Fsp3) is 0. The van der Waals surface area contributed by atoms with E-state index >= 15 is 0 Å². The quantitative estimate of drug-likeness (QED) is 0.428. The van der Waals surface area contributed by atoms with Crippen LogP contribution in [0.3, 0.4) is 0 Å². The highest BCUT2D eigenvalue weighted by Crippen LogP contribution is 1.83. The fourth-order valence-corrected chi connectivity index (χ4v) is 0.190. The van der Waals surface area contributed by atoms with Gasteiger partial charge in [-0.05, 0) is 0 Å². The van der Waals surface area contributed by atoms with E-state index in [0.29, 0.717) is 0 Å². The molecule has 7 heteroatoms. The Balaban J connectivity index is 3.84. The van der Waals surface area contributed by atoms with Crippen LogP contribution in [-0.4, -0.2) is 8.76 Å². The molecule has 0 aliphatic heterocycles. The van der Waals surface area contributed by atoms with Gasteiger partial charge in [0.1, 0.15) is 0 Å². The third-order valence-corrected chi connectivity index (χ3v) is 0.556. The van der Waals surface area contributed by atoms with E-state index in [1.165, 1.54) is 0 Å². The van der Waals surface area contributed by atoms with Crippen molar-refractivity contribution in [2.45, 2.75) is 0 Å². The van der Waals surface area contributed by atoms with Crippen LogP contribution in [0, 0.1) is 4.91 Å². The van der Waals surface area contributed by atoms with Crippen LogP contribution in [0.1, 0.15) is 0 Å². The van der Waals surface area contributed by atoms with Gasteiger partial charge in [0.15, 0.2) is 5.34 Å². The van der Waals surface area contributed by atoms with Crippen LogP contribution < -0.4 is 0 Å². The molecule has 0 spiro atoms. The lowest BCUT2D eigenvalue weighted by atomic mass is 13.4. The van der Waals surface area contributed by atoms with E-state index in [1.807, 2.05) is 0 Å². The molecule has 0 radical (unpaired) electrons. The summed E-state index contributed by atoms with van der Waals surface area (Å²) in [5.74, 6) is 0. The Bertz CT molecular complexity index is 143. The maximum atomic E-state index is 9.64. The van der Waals surface area contributed by atoms with Gasteiger partial charge in [-0.1, -0.05) is 0 Å². The van der Waals surface area contributed by atoms with Gasteiger partial charge in [-0.2, -0.15) is 4.21 Å². The van der Waals surface area contributed by atoms with Gasteiger partial charge in [0.25, 0.3) is 0 Å². The van der Waals surface area contributed by atoms with Gasteiger partial charge in [-0.3, -0.25) is 4.55 Å². The summed E-state index contributed by atoms with van der Waals surface area (Å²) in [6.07, 6.45) is 0. The average molecular weight is 143 g/mol. The van der Waals surface area contributed by atoms with Gasteiger partial charge < -0.3 is 0 Å². The molecular formula is HNO4S2. The lowest BCUT2D eigenvalue weighted by Crippen LogP contribution is -1.93. The van der Waals surface area contributed by atoms with Crippen molar-refractivity contribution in [3.63, 3.8) is 0 Å². The SMILES string of the molecule is O=NOS(=O)(O)=S. The largest absolute Gasteiger partial charge is 0.335 e. The highest BCUT2D eigenvalue weighted by atomic mass is 32.9. The van der Waals surface area contributed by atoms with Crippen LogP contribution in [0.15, 0.2) is 5.34 Å². The molecule has 0 rings (SSSR count). The fourth-order valence-electron chi connectivity index (χ4n) is 0.0385. The van der Waals surface area contributed by atoms with E-state index in [1.54, 1.807) is 5.34 Å². The Labute approximate surface area is 44.3 Å². The van der Waals surface area contributed by atoms with Crippen molar-refractivity contribution in [3.05, 3.63) is 4.91 Å². The van der Waals surface area contributed by atoms with Gasteiger partial charge in [0, 0.05) is 0 Å². The van der Waals surface area contributed by atoms with Crippen molar-refractivity contribution >= 4 is 20.2 Å². The van der Waals surface area contributed by atoms with Gasteiger partial charge in [-0.15, -0.1) is 4.91 Å². The Morgan fingerprint density at radius 2 is 2.29 bits per heavy atom. The minimum absolute atomic E-state index is 1.63. The normalized spacial score (nSPS) is 17.3. The van der Waals surface area contributed by atoms with Gasteiger partial charge >= 0.3 is 9.05 Å². The monoisotopic (exact) mass is 143 g/mol. The van der Waals surface area contributed by atoms with Crippen LogP contribution in [0.5, 0.6) is 0 Å². The molecule has 0 aromatic rings. The van der Waals surface area contributed by atoms with E-state index < -0.39 is 9.05 Å². The highest BCUT2D eigenvalue weighted by Gasteiger charge is 1.95. The molecule has 5 nitrogen and oxygen atoms in total. The van der Waals surface area contributed by atoms with Crippen molar-refractivity contribution in [2.24, 2.45) is 5.34 Å². The first-order valence-corrected chi connectivity index (χ1v) is 3.41. The summed E-state index contributed by atoms with van der Waals surface area (Å²) in [6.45, 7) is 0. The number of hydrogen-bond donors (Lipinski definition) is 1. The third-order valence-electron chi connectivity index (χ3n) is 0.125. The van der Waals surface area contributed by atoms with Gasteiger partial charge in [0.05, 0.1) is 11.2 Å². The summed E-state index contributed by atoms with van der Waals surface area (Å²) in [4.78, 5) is 8.94. The van der Waals surface area contributed by atoms with E-state index in [9.17, 15) is 4.21 Å². The molecule has 1 atom stereocenters. The third kappa shape index (κ3) is 5.73. The van der Waals surface area contributed by atoms with Gasteiger partial charge in [-0.25, -0.2) is 4.28 Å². The zero-order valence-electron chi connectivity index (χ0n) is 2.94. The van der Waals surface area contributed by atoms with Crippen LogP contribution in [0.2, 0.25) is 0 Å². The highest BCUT2D eigenvalue weighted by molar-refractivity contribution is 8.27. The maximum Gasteiger partial charge on any atom is 0.335 e. The summed E-state index contributed by atoms with van der Waals surface area (Å²) >= 11 is 3.65. The lowest BCUT2D eigenvalue weighted by molar-refractivity contribution is 0.318. The topological polar surface area (TPSA) is 76.0 Å². The van der Waals surface area contributed by atoms with Crippen LogP contribution in [0.25, 0.3) is 0 Å². The zero-order valence-corrected chi connectivity index (χ0v) is 4.57. The van der Waals surface area contributed by atoms with Crippen LogP contribution in [0.4, 0.5) is 0 Å². The second-order valence-electron chi connectivity index (χ2n) is 0.577. The first-order valence-electron chi connectivity index (χ1n) is 1.05. The molecular weight excluding hydrogens is 142 g/mol. The van der Waals surface area contributed by atoms with E-state index in [2.05, 4.69) is 15.5 Å². The molecule has 0 aromatic carbocycles. The number of rotatable bonds is 2. The Kier molecular flexibility index (Phi) is 2.06. The number of nitrogens with zero attached hydrogens (tertiary/aromatic N) is 1. The standard InChI is InChI=1S/HNO4S2/c2-1-5-7(3,4)6/h(H,3,4,6). The van der Waals surface area contributed by atoms with Crippen LogP contribution in [-0.2, 0) is 24.5 Å². The maximum absolute atomic E-state index is 9.64.